The maximum atomic E-state index is 5.94. The molecule has 0 bridgehead atoms. The van der Waals surface area contributed by atoms with Gasteiger partial charge in [0.25, 0.3) is 0 Å². The summed E-state index contributed by atoms with van der Waals surface area (Å²) in [6, 6.07) is 11.0. The highest BCUT2D eigenvalue weighted by Crippen LogP contribution is 2.32. The van der Waals surface area contributed by atoms with Gasteiger partial charge in [-0.15, -0.1) is 0 Å². The van der Waals surface area contributed by atoms with Crippen molar-refractivity contribution in [1.29, 1.82) is 0 Å². The fourth-order valence-electron chi connectivity index (χ4n) is 2.38. The molecule has 0 saturated carbocycles. The second-order valence-corrected chi connectivity index (χ2v) is 5.03. The number of hydrogen-bond acceptors (Lipinski definition) is 6. The minimum atomic E-state index is 0.535. The second kappa shape index (κ2) is 6.49. The number of benzene rings is 2. The molecule has 7 nitrogen and oxygen atoms in total. The molecule has 0 aliphatic heterocycles. The molecule has 3 rings (SSSR count). The van der Waals surface area contributed by atoms with Crippen molar-refractivity contribution < 1.29 is 14.2 Å². The van der Waals surface area contributed by atoms with E-state index in [2.05, 4.69) is 15.2 Å². The Morgan fingerprint density at radius 2 is 1.50 bits per heavy atom. The maximum Gasteiger partial charge on any atom is 0.181 e. The molecule has 0 fully saturated rings. The van der Waals surface area contributed by atoms with E-state index in [1.165, 1.54) is 0 Å². The number of hydrogen-bond donors (Lipinski definition) is 2. The summed E-state index contributed by atoms with van der Waals surface area (Å²) in [5.41, 5.74) is 8.11. The zero-order valence-corrected chi connectivity index (χ0v) is 13.7. The predicted octanol–water partition coefficient (Wildman–Crippen LogP) is 2.75. The van der Waals surface area contributed by atoms with Crippen molar-refractivity contribution >= 4 is 5.69 Å². The molecule has 24 heavy (non-hydrogen) atoms. The first-order valence-corrected chi connectivity index (χ1v) is 7.25. The Bertz CT molecular complexity index is 861. The van der Waals surface area contributed by atoms with Crippen LogP contribution in [0.25, 0.3) is 22.8 Å². The summed E-state index contributed by atoms with van der Waals surface area (Å²) in [4.78, 5) is 4.52. The lowest BCUT2D eigenvalue weighted by Crippen LogP contribution is -1.93. The van der Waals surface area contributed by atoms with E-state index in [1.54, 1.807) is 33.5 Å². The van der Waals surface area contributed by atoms with Crippen molar-refractivity contribution in [3.8, 4) is 40.0 Å². The number of ether oxygens (including phenoxy) is 3. The van der Waals surface area contributed by atoms with Gasteiger partial charge in [0.2, 0.25) is 0 Å². The minimum Gasteiger partial charge on any atom is -0.495 e. The third-order valence-corrected chi connectivity index (χ3v) is 3.63. The topological polar surface area (TPSA) is 95.3 Å². The Morgan fingerprint density at radius 3 is 2.17 bits per heavy atom. The summed E-state index contributed by atoms with van der Waals surface area (Å²) >= 11 is 0. The van der Waals surface area contributed by atoms with Crippen molar-refractivity contribution in [3.63, 3.8) is 0 Å². The molecule has 0 radical (unpaired) electrons. The SMILES string of the molecule is COc1ccc(-c2n[nH]c(-c3ccc(OC)c(OC)c3)n2)cc1N. The molecule has 3 N–H and O–H groups in total. The number of rotatable bonds is 5. The Morgan fingerprint density at radius 1 is 0.833 bits per heavy atom. The predicted molar refractivity (Wildman–Crippen MR) is 91.3 cm³/mol. The van der Waals surface area contributed by atoms with Crippen LogP contribution in [0.2, 0.25) is 0 Å². The van der Waals surface area contributed by atoms with Crippen molar-refractivity contribution in [2.24, 2.45) is 0 Å². The van der Waals surface area contributed by atoms with Crippen LogP contribution in [0.4, 0.5) is 5.69 Å². The van der Waals surface area contributed by atoms with E-state index >= 15 is 0 Å². The van der Waals surface area contributed by atoms with E-state index in [9.17, 15) is 0 Å². The molecule has 1 aromatic heterocycles. The standard InChI is InChI=1S/C17H18N4O3/c1-22-13-6-4-10(8-12(13)18)16-19-17(21-20-16)11-5-7-14(23-2)15(9-11)24-3/h4-9H,18H2,1-3H3,(H,19,20,21). The Labute approximate surface area is 139 Å². The fourth-order valence-corrected chi connectivity index (χ4v) is 2.38. The van der Waals surface area contributed by atoms with E-state index in [4.69, 9.17) is 19.9 Å². The van der Waals surface area contributed by atoms with Gasteiger partial charge in [-0.3, -0.25) is 5.10 Å². The van der Waals surface area contributed by atoms with E-state index in [-0.39, 0.29) is 0 Å². The van der Waals surface area contributed by atoms with E-state index in [1.807, 2.05) is 24.3 Å². The number of methoxy groups -OCH3 is 3. The average Bonchev–Trinajstić information content (AvgIpc) is 3.11. The Hall–Kier alpha value is -3.22. The lowest BCUT2D eigenvalue weighted by atomic mass is 10.1. The van der Waals surface area contributed by atoms with Crippen LogP contribution in [0.15, 0.2) is 36.4 Å². The number of H-pyrrole nitrogens is 1. The van der Waals surface area contributed by atoms with Crippen LogP contribution in [0.3, 0.4) is 0 Å². The van der Waals surface area contributed by atoms with Gasteiger partial charge in [0.15, 0.2) is 23.1 Å². The highest BCUT2D eigenvalue weighted by molar-refractivity contribution is 5.68. The van der Waals surface area contributed by atoms with Crippen LogP contribution < -0.4 is 19.9 Å². The van der Waals surface area contributed by atoms with Crippen molar-refractivity contribution in [2.75, 3.05) is 27.1 Å². The van der Waals surface area contributed by atoms with Gasteiger partial charge in [-0.25, -0.2) is 4.98 Å². The van der Waals surface area contributed by atoms with E-state index in [0.29, 0.717) is 34.6 Å². The van der Waals surface area contributed by atoms with Gasteiger partial charge in [-0.2, -0.15) is 5.10 Å². The van der Waals surface area contributed by atoms with Crippen LogP contribution in [-0.4, -0.2) is 36.5 Å². The van der Waals surface area contributed by atoms with Gasteiger partial charge in [0.05, 0.1) is 27.0 Å². The van der Waals surface area contributed by atoms with E-state index < -0.39 is 0 Å². The summed E-state index contributed by atoms with van der Waals surface area (Å²) in [6.45, 7) is 0. The quantitative estimate of drug-likeness (QED) is 0.700. The molecule has 0 amide bonds. The summed E-state index contributed by atoms with van der Waals surface area (Å²) in [7, 11) is 4.76. The monoisotopic (exact) mass is 326 g/mol. The Balaban J connectivity index is 1.95. The van der Waals surface area contributed by atoms with Crippen LogP contribution in [0.5, 0.6) is 17.2 Å². The first-order valence-electron chi connectivity index (χ1n) is 7.25. The molecule has 0 aliphatic carbocycles. The lowest BCUT2D eigenvalue weighted by Gasteiger charge is -2.08. The smallest absolute Gasteiger partial charge is 0.181 e. The highest BCUT2D eigenvalue weighted by Gasteiger charge is 2.12. The zero-order valence-electron chi connectivity index (χ0n) is 13.7. The molecule has 0 unspecified atom stereocenters. The number of aromatic nitrogens is 3. The highest BCUT2D eigenvalue weighted by atomic mass is 16.5. The minimum absolute atomic E-state index is 0.535. The van der Waals surface area contributed by atoms with Gasteiger partial charge in [-0.05, 0) is 36.4 Å². The van der Waals surface area contributed by atoms with Gasteiger partial charge >= 0.3 is 0 Å². The summed E-state index contributed by atoms with van der Waals surface area (Å²) < 4.78 is 15.7. The van der Waals surface area contributed by atoms with Crippen LogP contribution in [0.1, 0.15) is 0 Å². The molecule has 0 aliphatic rings. The molecular weight excluding hydrogens is 308 g/mol. The lowest BCUT2D eigenvalue weighted by molar-refractivity contribution is 0.355. The largest absolute Gasteiger partial charge is 0.495 e. The normalized spacial score (nSPS) is 10.5. The second-order valence-electron chi connectivity index (χ2n) is 5.03. The first-order chi connectivity index (χ1) is 11.7. The van der Waals surface area contributed by atoms with Gasteiger partial charge in [0, 0.05) is 11.1 Å². The number of aromatic amines is 1. The number of nitrogens with two attached hydrogens (primary N) is 1. The van der Waals surface area contributed by atoms with Crippen LogP contribution >= 0.6 is 0 Å². The van der Waals surface area contributed by atoms with Crippen molar-refractivity contribution in [3.05, 3.63) is 36.4 Å². The molecule has 0 atom stereocenters. The summed E-state index contributed by atoms with van der Waals surface area (Å²) in [6.07, 6.45) is 0. The fraction of sp³-hybridized carbons (Fsp3) is 0.176. The molecule has 3 aromatic rings. The molecule has 7 heteroatoms. The number of nitrogens with one attached hydrogen (secondary N) is 1. The molecule has 124 valence electrons. The average molecular weight is 326 g/mol. The Kier molecular flexibility index (Phi) is 4.24. The van der Waals surface area contributed by atoms with Gasteiger partial charge in [0.1, 0.15) is 5.75 Å². The summed E-state index contributed by atoms with van der Waals surface area (Å²) in [5, 5.41) is 7.18. The van der Waals surface area contributed by atoms with E-state index in [0.717, 1.165) is 11.1 Å². The zero-order chi connectivity index (χ0) is 17.1. The number of anilines is 1. The number of nitrogens with zero attached hydrogens (tertiary/aromatic N) is 2. The number of nitrogen functional groups attached to an aromatic ring is 1. The molecule has 0 spiro atoms. The summed E-state index contributed by atoms with van der Waals surface area (Å²) in [5.74, 6) is 3.08. The third-order valence-electron chi connectivity index (χ3n) is 3.63. The molecule has 2 aromatic carbocycles. The maximum absolute atomic E-state index is 5.94. The van der Waals surface area contributed by atoms with Crippen LogP contribution in [0, 0.1) is 0 Å². The van der Waals surface area contributed by atoms with Gasteiger partial charge in [-0.1, -0.05) is 0 Å². The molecular formula is C17H18N4O3. The first kappa shape index (κ1) is 15.7. The molecule has 0 saturated heterocycles. The molecule has 1 heterocycles. The van der Waals surface area contributed by atoms with Crippen molar-refractivity contribution in [1.82, 2.24) is 15.2 Å². The van der Waals surface area contributed by atoms with Crippen molar-refractivity contribution in [2.45, 2.75) is 0 Å². The third kappa shape index (κ3) is 2.83. The van der Waals surface area contributed by atoms with Gasteiger partial charge < -0.3 is 19.9 Å². The van der Waals surface area contributed by atoms with Crippen LogP contribution in [-0.2, 0) is 0 Å².